The summed E-state index contributed by atoms with van der Waals surface area (Å²) < 4.78 is 3.07. The van der Waals surface area contributed by atoms with Crippen LogP contribution in [0.1, 0.15) is 0 Å². The quantitative estimate of drug-likeness (QED) is 0.722. The van der Waals surface area contributed by atoms with Gasteiger partial charge < -0.3 is 0 Å². The van der Waals surface area contributed by atoms with Crippen LogP contribution in [0, 0.1) is 0 Å². The first-order valence-electron chi connectivity index (χ1n) is 5.04. The maximum Gasteiger partial charge on any atom is 0.169 e. The third-order valence-corrected chi connectivity index (χ3v) is 3.91. The molecule has 3 nitrogen and oxygen atoms in total. The van der Waals surface area contributed by atoms with Gasteiger partial charge in [0.15, 0.2) is 5.82 Å². The Hall–Kier alpha value is -1.46. The first kappa shape index (κ1) is 10.7. The summed E-state index contributed by atoms with van der Waals surface area (Å²) >= 11 is 5.10. The van der Waals surface area contributed by atoms with Crippen LogP contribution in [0.15, 0.2) is 51.9 Å². The molecule has 0 aliphatic carbocycles. The Kier molecular flexibility index (Phi) is 2.78. The van der Waals surface area contributed by atoms with Crippen LogP contribution in [0.2, 0.25) is 0 Å². The van der Waals surface area contributed by atoms with Crippen molar-refractivity contribution in [1.29, 1.82) is 0 Å². The largest absolute Gasteiger partial charge is 0.282 e. The van der Waals surface area contributed by atoms with Gasteiger partial charge in [-0.2, -0.15) is 0 Å². The highest BCUT2D eigenvalue weighted by Gasteiger charge is 2.10. The fourth-order valence-corrected chi connectivity index (χ4v) is 2.77. The Labute approximate surface area is 111 Å². The van der Waals surface area contributed by atoms with E-state index in [2.05, 4.69) is 31.5 Å². The van der Waals surface area contributed by atoms with Gasteiger partial charge in [-0.05, 0) is 34.1 Å². The molecular formula is C12H8BrN3S. The van der Waals surface area contributed by atoms with E-state index in [1.54, 1.807) is 17.7 Å². The fraction of sp³-hybridized carbons (Fsp3) is 0. The summed E-state index contributed by atoms with van der Waals surface area (Å²) in [4.78, 5) is 0. The molecule has 3 aromatic rings. The number of rotatable bonds is 2. The minimum Gasteiger partial charge on any atom is -0.282 e. The van der Waals surface area contributed by atoms with Crippen LogP contribution in [0.5, 0.6) is 0 Å². The molecule has 0 saturated heterocycles. The maximum absolute atomic E-state index is 4.17. The number of benzene rings is 1. The predicted molar refractivity (Wildman–Crippen MR) is 72.4 cm³/mol. The molecule has 0 atom stereocenters. The van der Waals surface area contributed by atoms with E-state index in [0.717, 1.165) is 20.9 Å². The normalized spacial score (nSPS) is 10.6. The van der Waals surface area contributed by atoms with Gasteiger partial charge >= 0.3 is 0 Å². The second-order valence-electron chi connectivity index (χ2n) is 3.50. The second-order valence-corrected chi connectivity index (χ2v) is 5.79. The van der Waals surface area contributed by atoms with E-state index in [4.69, 9.17) is 0 Å². The van der Waals surface area contributed by atoms with Crippen molar-refractivity contribution < 1.29 is 0 Å². The van der Waals surface area contributed by atoms with Crippen molar-refractivity contribution in [3.05, 3.63) is 51.9 Å². The number of halogens is 1. The zero-order valence-electron chi connectivity index (χ0n) is 8.75. The molecule has 0 radical (unpaired) electrons. The van der Waals surface area contributed by atoms with Crippen LogP contribution >= 0.6 is 27.3 Å². The molecule has 0 aliphatic rings. The fourth-order valence-electron chi connectivity index (χ4n) is 1.64. The third kappa shape index (κ3) is 2.03. The summed E-state index contributed by atoms with van der Waals surface area (Å²) in [5.41, 5.74) is 2.14. The van der Waals surface area contributed by atoms with Crippen molar-refractivity contribution in [2.75, 3.05) is 0 Å². The van der Waals surface area contributed by atoms with Crippen LogP contribution in [0.25, 0.3) is 17.1 Å². The number of para-hydroxylation sites is 1. The van der Waals surface area contributed by atoms with Crippen LogP contribution in [-0.4, -0.2) is 14.8 Å². The van der Waals surface area contributed by atoms with E-state index in [-0.39, 0.29) is 0 Å². The highest BCUT2D eigenvalue weighted by atomic mass is 79.9. The Bertz CT molecular complexity index is 630. The van der Waals surface area contributed by atoms with Gasteiger partial charge in [-0.1, -0.05) is 18.2 Å². The molecule has 0 saturated carbocycles. The van der Waals surface area contributed by atoms with Gasteiger partial charge in [0.2, 0.25) is 0 Å². The van der Waals surface area contributed by atoms with Crippen molar-refractivity contribution in [1.82, 2.24) is 14.8 Å². The third-order valence-electron chi connectivity index (χ3n) is 2.41. The van der Waals surface area contributed by atoms with Gasteiger partial charge in [-0.3, -0.25) is 4.57 Å². The summed E-state index contributed by atoms with van der Waals surface area (Å²) in [5, 5.41) is 10.2. The summed E-state index contributed by atoms with van der Waals surface area (Å²) in [6.45, 7) is 0. The Balaban J connectivity index is 2.12. The predicted octanol–water partition coefficient (Wildman–Crippen LogP) is 3.76. The summed E-state index contributed by atoms with van der Waals surface area (Å²) in [5.74, 6) is 0.859. The van der Waals surface area contributed by atoms with Crippen LogP contribution < -0.4 is 0 Å². The zero-order valence-corrected chi connectivity index (χ0v) is 11.1. The summed E-state index contributed by atoms with van der Waals surface area (Å²) in [6.07, 6.45) is 1.73. The molecule has 0 N–H and O–H groups in total. The van der Waals surface area contributed by atoms with Crippen molar-refractivity contribution in [3.8, 4) is 17.1 Å². The van der Waals surface area contributed by atoms with Crippen molar-refractivity contribution in [2.24, 2.45) is 0 Å². The maximum atomic E-state index is 4.17. The average Bonchev–Trinajstić information content (AvgIpc) is 2.98. The Morgan fingerprint density at radius 3 is 2.71 bits per heavy atom. The zero-order chi connectivity index (χ0) is 11.7. The SMILES string of the molecule is Brc1cc(-c2nncn2-c2ccccc2)cs1. The number of nitrogens with zero attached hydrogens (tertiary/aromatic N) is 3. The molecule has 3 rings (SSSR count). The van der Waals surface area contributed by atoms with Crippen molar-refractivity contribution in [3.63, 3.8) is 0 Å². The topological polar surface area (TPSA) is 30.7 Å². The van der Waals surface area contributed by atoms with E-state index in [1.807, 2.05) is 41.0 Å². The Morgan fingerprint density at radius 2 is 2.00 bits per heavy atom. The minimum absolute atomic E-state index is 0.859. The van der Waals surface area contributed by atoms with Gasteiger partial charge in [0.05, 0.1) is 3.79 Å². The smallest absolute Gasteiger partial charge is 0.169 e. The molecule has 2 heterocycles. The molecular weight excluding hydrogens is 298 g/mol. The molecule has 1 aromatic carbocycles. The van der Waals surface area contributed by atoms with Crippen molar-refractivity contribution >= 4 is 27.3 Å². The molecule has 2 aromatic heterocycles. The lowest BCUT2D eigenvalue weighted by molar-refractivity contribution is 1.06. The number of hydrogen-bond acceptors (Lipinski definition) is 3. The molecule has 0 spiro atoms. The van der Waals surface area contributed by atoms with Gasteiger partial charge in [0, 0.05) is 16.6 Å². The average molecular weight is 306 g/mol. The lowest BCUT2D eigenvalue weighted by atomic mass is 10.3. The van der Waals surface area contributed by atoms with Gasteiger partial charge in [0.1, 0.15) is 6.33 Å². The summed E-state index contributed by atoms with van der Waals surface area (Å²) in [7, 11) is 0. The van der Waals surface area contributed by atoms with Crippen LogP contribution in [0.3, 0.4) is 0 Å². The van der Waals surface area contributed by atoms with E-state index >= 15 is 0 Å². The van der Waals surface area contributed by atoms with E-state index in [9.17, 15) is 0 Å². The lowest BCUT2D eigenvalue weighted by Gasteiger charge is -2.04. The molecule has 0 fully saturated rings. The lowest BCUT2D eigenvalue weighted by Crippen LogP contribution is -1.94. The number of thiophene rings is 1. The standard InChI is InChI=1S/C12H8BrN3S/c13-11-6-9(7-17-11)12-15-14-8-16(12)10-4-2-1-3-5-10/h1-8H. The monoisotopic (exact) mass is 305 g/mol. The van der Waals surface area contributed by atoms with Crippen LogP contribution in [0.4, 0.5) is 0 Å². The first-order chi connectivity index (χ1) is 8.34. The Morgan fingerprint density at radius 1 is 1.18 bits per heavy atom. The molecule has 17 heavy (non-hydrogen) atoms. The molecule has 0 unspecified atom stereocenters. The van der Waals surface area contributed by atoms with Gasteiger partial charge in [-0.15, -0.1) is 21.5 Å². The van der Waals surface area contributed by atoms with Gasteiger partial charge in [0.25, 0.3) is 0 Å². The van der Waals surface area contributed by atoms with Crippen LogP contribution in [-0.2, 0) is 0 Å². The molecule has 0 bridgehead atoms. The van der Waals surface area contributed by atoms with Gasteiger partial charge in [-0.25, -0.2) is 0 Å². The first-order valence-corrected chi connectivity index (χ1v) is 6.72. The molecule has 0 amide bonds. The van der Waals surface area contributed by atoms with E-state index < -0.39 is 0 Å². The van der Waals surface area contributed by atoms with E-state index in [0.29, 0.717) is 0 Å². The second kappa shape index (κ2) is 4.43. The van der Waals surface area contributed by atoms with E-state index in [1.165, 1.54) is 0 Å². The highest BCUT2D eigenvalue weighted by Crippen LogP contribution is 2.28. The number of hydrogen-bond donors (Lipinski definition) is 0. The number of aromatic nitrogens is 3. The van der Waals surface area contributed by atoms with Crippen molar-refractivity contribution in [2.45, 2.75) is 0 Å². The summed E-state index contributed by atoms with van der Waals surface area (Å²) in [6, 6.07) is 12.1. The molecule has 84 valence electrons. The highest BCUT2D eigenvalue weighted by molar-refractivity contribution is 9.11. The minimum atomic E-state index is 0.859. The molecule has 5 heteroatoms. The molecule has 0 aliphatic heterocycles.